The fourth-order valence-electron chi connectivity index (χ4n) is 5.05. The topological polar surface area (TPSA) is 78.2 Å². The van der Waals surface area contributed by atoms with Gasteiger partial charge in [0.05, 0.1) is 23.1 Å². The molecule has 43 heavy (non-hydrogen) atoms. The molecule has 10 heteroatoms. The molecule has 0 atom stereocenters. The zero-order valence-corrected chi connectivity index (χ0v) is 24.2. The Kier molecular flexibility index (Phi) is 8.77. The van der Waals surface area contributed by atoms with E-state index in [4.69, 9.17) is 18.6 Å². The number of benzene rings is 3. The molecular weight excluding hydrogens is 563 g/mol. The second kappa shape index (κ2) is 12.5. The second-order valence-corrected chi connectivity index (χ2v) is 10.5. The van der Waals surface area contributed by atoms with Crippen LogP contribution in [0.15, 0.2) is 63.8 Å². The maximum absolute atomic E-state index is 14.4. The summed E-state index contributed by atoms with van der Waals surface area (Å²) in [5, 5.41) is -0.111. The van der Waals surface area contributed by atoms with Gasteiger partial charge in [0.25, 0.3) is 5.76 Å². The molecule has 0 bridgehead atoms. The van der Waals surface area contributed by atoms with E-state index in [1.807, 2.05) is 18.7 Å². The first-order valence-electron chi connectivity index (χ1n) is 14.2. The number of nitrogens with zero attached hydrogens (tertiary/aromatic N) is 1. The third-order valence-corrected chi connectivity index (χ3v) is 7.47. The number of likely N-dealkylation sites (tertiary alicyclic amines) is 1. The molecule has 0 amide bonds. The predicted molar refractivity (Wildman–Crippen MR) is 155 cm³/mol. The van der Waals surface area contributed by atoms with Crippen molar-refractivity contribution >= 4 is 16.9 Å². The lowest BCUT2D eigenvalue weighted by Crippen LogP contribution is -2.29. The maximum Gasteiger partial charge on any atom is 0.453 e. The molecular formula is C33H32F3NO6. The van der Waals surface area contributed by atoms with Crippen LogP contribution in [0.2, 0.25) is 0 Å². The quantitative estimate of drug-likeness (QED) is 0.152. The van der Waals surface area contributed by atoms with Crippen molar-refractivity contribution in [3.8, 4) is 23.0 Å². The number of ether oxygens (including phenoxy) is 3. The predicted octanol–water partition coefficient (Wildman–Crippen LogP) is 7.82. The summed E-state index contributed by atoms with van der Waals surface area (Å²) < 4.78 is 65.4. The van der Waals surface area contributed by atoms with Gasteiger partial charge in [-0.05, 0) is 106 Å². The van der Waals surface area contributed by atoms with Gasteiger partial charge in [0.1, 0.15) is 22.8 Å². The molecule has 0 N–H and O–H groups in total. The molecule has 0 radical (unpaired) electrons. The first-order valence-corrected chi connectivity index (χ1v) is 14.2. The van der Waals surface area contributed by atoms with Crippen LogP contribution in [-0.2, 0) is 12.7 Å². The van der Waals surface area contributed by atoms with E-state index in [2.05, 4.69) is 0 Å². The zero-order valence-electron chi connectivity index (χ0n) is 24.2. The molecule has 1 aliphatic rings. The molecule has 4 aromatic rings. The third-order valence-electron chi connectivity index (χ3n) is 7.47. The van der Waals surface area contributed by atoms with Crippen molar-refractivity contribution in [1.29, 1.82) is 0 Å². The monoisotopic (exact) mass is 595 g/mol. The molecule has 3 aromatic carbocycles. The normalized spacial score (nSPS) is 14.1. The molecule has 1 saturated heterocycles. The maximum atomic E-state index is 14.4. The Morgan fingerprint density at radius 3 is 2.28 bits per heavy atom. The number of piperidine rings is 1. The Hall–Kier alpha value is -4.31. The average Bonchev–Trinajstić information content (AvgIpc) is 2.98. The van der Waals surface area contributed by atoms with E-state index in [0.717, 1.165) is 30.4 Å². The number of hydrogen-bond acceptors (Lipinski definition) is 7. The highest BCUT2D eigenvalue weighted by Crippen LogP contribution is 2.40. The van der Waals surface area contributed by atoms with Crippen LogP contribution < -0.4 is 19.6 Å². The molecule has 0 unspecified atom stereocenters. The lowest BCUT2D eigenvalue weighted by Gasteiger charge is -2.27. The van der Waals surface area contributed by atoms with Gasteiger partial charge in [0.2, 0.25) is 11.2 Å². The molecule has 1 aromatic heterocycles. The Morgan fingerprint density at radius 2 is 1.63 bits per heavy atom. The fraction of sp³-hybridized carbons (Fsp3) is 0.333. The van der Waals surface area contributed by atoms with Crippen molar-refractivity contribution in [3.63, 3.8) is 0 Å². The third kappa shape index (κ3) is 6.69. The van der Waals surface area contributed by atoms with Crippen LogP contribution in [-0.4, -0.2) is 30.6 Å². The van der Waals surface area contributed by atoms with Gasteiger partial charge in [-0.1, -0.05) is 12.5 Å². The summed E-state index contributed by atoms with van der Waals surface area (Å²) in [7, 11) is 0. The minimum atomic E-state index is -5.04. The SMILES string of the molecule is CCOc1ccc(C(=O)Oc2ccc3c(=O)c(Oc4ccc(C)c(C)c4)c(C(F)(F)F)oc3c2CN2CCCCC2)cc1. The van der Waals surface area contributed by atoms with Gasteiger partial charge >= 0.3 is 12.1 Å². The number of carbonyl (C=O) groups is 1. The number of alkyl halides is 3. The lowest BCUT2D eigenvalue weighted by atomic mass is 10.1. The van der Waals surface area contributed by atoms with Gasteiger partial charge in [-0.2, -0.15) is 13.2 Å². The van der Waals surface area contributed by atoms with Crippen LogP contribution in [0.4, 0.5) is 13.2 Å². The van der Waals surface area contributed by atoms with Gasteiger partial charge in [0.15, 0.2) is 0 Å². The molecule has 7 nitrogen and oxygen atoms in total. The van der Waals surface area contributed by atoms with Crippen LogP contribution in [0.1, 0.15) is 59.0 Å². The van der Waals surface area contributed by atoms with Gasteiger partial charge in [-0.25, -0.2) is 4.79 Å². The first kappa shape index (κ1) is 30.2. The Bertz CT molecular complexity index is 1690. The summed E-state index contributed by atoms with van der Waals surface area (Å²) in [6.45, 7) is 7.48. The van der Waals surface area contributed by atoms with Gasteiger partial charge in [0, 0.05) is 6.54 Å². The van der Waals surface area contributed by atoms with E-state index in [1.54, 1.807) is 31.2 Å². The van der Waals surface area contributed by atoms with E-state index >= 15 is 0 Å². The Balaban J connectivity index is 1.62. The fourth-order valence-corrected chi connectivity index (χ4v) is 5.05. The van der Waals surface area contributed by atoms with E-state index in [9.17, 15) is 22.8 Å². The summed E-state index contributed by atoms with van der Waals surface area (Å²) in [5.74, 6) is -2.55. The van der Waals surface area contributed by atoms with E-state index < -0.39 is 29.1 Å². The summed E-state index contributed by atoms with van der Waals surface area (Å²) in [6, 6.07) is 13.8. The molecule has 2 heterocycles. The molecule has 0 spiro atoms. The molecule has 5 rings (SSSR count). The van der Waals surface area contributed by atoms with Crippen LogP contribution >= 0.6 is 0 Å². The van der Waals surface area contributed by atoms with Crippen molar-refractivity contribution in [3.05, 3.63) is 92.8 Å². The van der Waals surface area contributed by atoms with Gasteiger partial charge in [-0.3, -0.25) is 9.69 Å². The number of halogens is 3. The molecule has 226 valence electrons. The summed E-state index contributed by atoms with van der Waals surface area (Å²) in [6.07, 6.45) is -2.17. The highest BCUT2D eigenvalue weighted by Gasteiger charge is 2.41. The standard InChI is InChI=1S/C33H32F3NO6/c1-4-40-23-12-9-22(10-13-23)32(39)42-27-15-14-25-28(38)30(41-24-11-8-20(2)21(3)18-24)31(33(34,35)36)43-29(25)26(27)19-37-16-6-5-7-17-37/h8-15,18H,4-7,16-17,19H2,1-3H3. The van der Waals surface area contributed by atoms with Crippen molar-refractivity contribution in [2.24, 2.45) is 0 Å². The van der Waals surface area contributed by atoms with Gasteiger partial charge in [-0.15, -0.1) is 0 Å². The lowest BCUT2D eigenvalue weighted by molar-refractivity contribution is -0.154. The number of esters is 1. The van der Waals surface area contributed by atoms with Crippen molar-refractivity contribution in [2.75, 3.05) is 19.7 Å². The zero-order chi connectivity index (χ0) is 30.7. The van der Waals surface area contributed by atoms with E-state index in [0.29, 0.717) is 25.4 Å². The smallest absolute Gasteiger partial charge is 0.453 e. The molecule has 1 fully saturated rings. The van der Waals surface area contributed by atoms with Crippen LogP contribution in [0.3, 0.4) is 0 Å². The molecule has 1 aliphatic heterocycles. The summed E-state index contributed by atoms with van der Waals surface area (Å²) >= 11 is 0. The molecule has 0 aliphatic carbocycles. The van der Waals surface area contributed by atoms with E-state index in [-0.39, 0.29) is 40.1 Å². The average molecular weight is 596 g/mol. The number of fused-ring (bicyclic) bond motifs is 1. The second-order valence-electron chi connectivity index (χ2n) is 10.5. The number of rotatable bonds is 8. The molecule has 0 saturated carbocycles. The minimum Gasteiger partial charge on any atom is -0.494 e. The Morgan fingerprint density at radius 1 is 0.930 bits per heavy atom. The Labute approximate surface area is 246 Å². The van der Waals surface area contributed by atoms with Crippen molar-refractivity contribution < 1.29 is 36.6 Å². The highest BCUT2D eigenvalue weighted by atomic mass is 19.4. The highest BCUT2D eigenvalue weighted by molar-refractivity contribution is 5.92. The number of carbonyl (C=O) groups excluding carboxylic acids is 1. The van der Waals surface area contributed by atoms with E-state index in [1.165, 1.54) is 30.3 Å². The summed E-state index contributed by atoms with van der Waals surface area (Å²) in [5.41, 5.74) is 0.840. The number of aryl methyl sites for hydroxylation is 2. The van der Waals surface area contributed by atoms with Crippen molar-refractivity contribution in [2.45, 2.75) is 52.8 Å². The largest absolute Gasteiger partial charge is 0.494 e. The first-order chi connectivity index (χ1) is 20.5. The van der Waals surface area contributed by atoms with Gasteiger partial charge < -0.3 is 18.6 Å². The van der Waals surface area contributed by atoms with Crippen LogP contribution in [0.25, 0.3) is 11.0 Å². The van der Waals surface area contributed by atoms with Crippen molar-refractivity contribution in [1.82, 2.24) is 4.90 Å². The van der Waals surface area contributed by atoms with Crippen LogP contribution in [0, 0.1) is 13.8 Å². The number of hydrogen-bond donors (Lipinski definition) is 0. The van der Waals surface area contributed by atoms with Crippen LogP contribution in [0.5, 0.6) is 23.0 Å². The summed E-state index contributed by atoms with van der Waals surface area (Å²) in [4.78, 5) is 28.8. The minimum absolute atomic E-state index is 0.0102.